The number of hydrogen-bond donors (Lipinski definition) is 1. The summed E-state index contributed by atoms with van der Waals surface area (Å²) >= 11 is 0. The molecule has 0 aliphatic rings. The fraction of sp³-hybridized carbons (Fsp3) is 0.200. The maximum Gasteiger partial charge on any atom is 0.416 e. The van der Waals surface area contributed by atoms with E-state index >= 15 is 0 Å². The first-order valence-electron chi connectivity index (χ1n) is 6.50. The van der Waals surface area contributed by atoms with Gasteiger partial charge in [0.05, 0.1) is 10.5 Å². The minimum absolute atomic E-state index is 0.174. The van der Waals surface area contributed by atoms with Crippen molar-refractivity contribution in [3.8, 4) is 0 Å². The van der Waals surface area contributed by atoms with Crippen LogP contribution >= 0.6 is 0 Å². The Hall–Kier alpha value is -1.86. The van der Waals surface area contributed by atoms with E-state index in [-0.39, 0.29) is 11.4 Å². The van der Waals surface area contributed by atoms with Crippen LogP contribution in [0.25, 0.3) is 0 Å². The highest BCUT2D eigenvalue weighted by molar-refractivity contribution is 7.89. The topological polar surface area (TPSA) is 46.2 Å². The van der Waals surface area contributed by atoms with Crippen LogP contribution in [0.5, 0.6) is 0 Å². The summed E-state index contributed by atoms with van der Waals surface area (Å²) in [5.41, 5.74) is 0.0911. The molecule has 3 nitrogen and oxygen atoms in total. The van der Waals surface area contributed by atoms with E-state index in [0.29, 0.717) is 6.42 Å². The predicted molar refractivity (Wildman–Crippen MR) is 76.8 cm³/mol. The zero-order valence-electron chi connectivity index (χ0n) is 11.5. The van der Waals surface area contributed by atoms with Crippen LogP contribution in [-0.2, 0) is 22.6 Å². The van der Waals surface area contributed by atoms with Crippen LogP contribution in [0.3, 0.4) is 0 Å². The van der Waals surface area contributed by atoms with E-state index in [1.165, 1.54) is 0 Å². The van der Waals surface area contributed by atoms with Crippen LogP contribution < -0.4 is 4.72 Å². The molecule has 0 amide bonds. The summed E-state index contributed by atoms with van der Waals surface area (Å²) in [5.74, 6) is 0. The second kappa shape index (κ2) is 6.50. The Morgan fingerprint density at radius 2 is 1.50 bits per heavy atom. The molecule has 1 N–H and O–H groups in total. The van der Waals surface area contributed by atoms with E-state index < -0.39 is 21.8 Å². The van der Waals surface area contributed by atoms with Crippen LogP contribution in [0, 0.1) is 0 Å². The van der Waals surface area contributed by atoms with Gasteiger partial charge in [-0.15, -0.1) is 0 Å². The van der Waals surface area contributed by atoms with E-state index in [9.17, 15) is 21.6 Å². The normalized spacial score (nSPS) is 12.3. The second-order valence-electron chi connectivity index (χ2n) is 4.66. The van der Waals surface area contributed by atoms with Crippen LogP contribution in [0.1, 0.15) is 11.1 Å². The minimum atomic E-state index is -4.48. The highest BCUT2D eigenvalue weighted by atomic mass is 32.2. The highest BCUT2D eigenvalue weighted by Crippen LogP contribution is 2.29. The minimum Gasteiger partial charge on any atom is -0.211 e. The maximum absolute atomic E-state index is 12.4. The van der Waals surface area contributed by atoms with Crippen LogP contribution in [0.2, 0.25) is 0 Å². The lowest BCUT2D eigenvalue weighted by molar-refractivity contribution is -0.137. The zero-order chi connectivity index (χ0) is 16.2. The molecule has 0 aromatic heterocycles. The smallest absolute Gasteiger partial charge is 0.211 e. The van der Waals surface area contributed by atoms with Crippen LogP contribution in [-0.4, -0.2) is 15.0 Å². The van der Waals surface area contributed by atoms with Crippen molar-refractivity contribution in [2.24, 2.45) is 0 Å². The molecule has 2 aromatic carbocycles. The van der Waals surface area contributed by atoms with Gasteiger partial charge in [0, 0.05) is 6.54 Å². The van der Waals surface area contributed by atoms with Gasteiger partial charge in [-0.05, 0) is 36.2 Å². The van der Waals surface area contributed by atoms with Gasteiger partial charge in [-0.3, -0.25) is 0 Å². The number of nitrogens with one attached hydrogen (secondary N) is 1. The van der Waals surface area contributed by atoms with Crippen LogP contribution in [0.15, 0.2) is 59.5 Å². The van der Waals surface area contributed by atoms with Crippen LogP contribution in [0.4, 0.5) is 13.2 Å². The summed E-state index contributed by atoms with van der Waals surface area (Å²) in [5, 5.41) is 0. The summed E-state index contributed by atoms with van der Waals surface area (Å²) < 4.78 is 63.7. The summed E-state index contributed by atoms with van der Waals surface area (Å²) in [4.78, 5) is -0.187. The third-order valence-electron chi connectivity index (χ3n) is 3.04. The average Bonchev–Trinajstić information content (AvgIpc) is 2.47. The first-order chi connectivity index (χ1) is 10.3. The quantitative estimate of drug-likeness (QED) is 0.915. The van der Waals surface area contributed by atoms with E-state index in [4.69, 9.17) is 0 Å². The number of hydrogen-bond acceptors (Lipinski definition) is 2. The van der Waals surface area contributed by atoms with Crippen molar-refractivity contribution in [3.05, 3.63) is 65.7 Å². The lowest BCUT2D eigenvalue weighted by Gasteiger charge is -2.09. The average molecular weight is 329 g/mol. The number of alkyl halides is 3. The molecule has 2 rings (SSSR count). The Bertz CT molecular complexity index is 711. The lowest BCUT2D eigenvalue weighted by atomic mass is 10.2. The number of sulfonamides is 1. The molecule has 0 fully saturated rings. The van der Waals surface area contributed by atoms with Gasteiger partial charge < -0.3 is 0 Å². The molecule has 0 saturated heterocycles. The van der Waals surface area contributed by atoms with Crippen molar-refractivity contribution in [3.63, 3.8) is 0 Å². The summed E-state index contributed by atoms with van der Waals surface area (Å²) in [6.07, 6.45) is -3.98. The maximum atomic E-state index is 12.4. The Morgan fingerprint density at radius 3 is 2.05 bits per heavy atom. The fourth-order valence-electron chi connectivity index (χ4n) is 1.88. The Morgan fingerprint density at radius 1 is 0.909 bits per heavy atom. The molecule has 118 valence electrons. The first-order valence-corrected chi connectivity index (χ1v) is 7.98. The summed E-state index contributed by atoms with van der Waals surface area (Å²) in [6, 6.07) is 12.7. The third-order valence-corrected chi connectivity index (χ3v) is 4.52. The lowest BCUT2D eigenvalue weighted by Crippen LogP contribution is -2.26. The van der Waals surface area contributed by atoms with E-state index in [1.807, 2.05) is 30.3 Å². The number of benzene rings is 2. The van der Waals surface area contributed by atoms with Gasteiger partial charge in [-0.1, -0.05) is 30.3 Å². The standard InChI is InChI=1S/C15H14F3NO2S/c16-15(17,18)13-6-8-14(9-7-13)22(20,21)19-11-10-12-4-2-1-3-5-12/h1-9,19H,10-11H2. The molecular formula is C15H14F3NO2S. The monoisotopic (exact) mass is 329 g/mol. The SMILES string of the molecule is O=S(=O)(NCCc1ccccc1)c1ccc(C(F)(F)F)cc1. The molecule has 22 heavy (non-hydrogen) atoms. The first kappa shape index (κ1) is 16.5. The van der Waals surface area contributed by atoms with Gasteiger partial charge in [-0.25, -0.2) is 13.1 Å². The van der Waals surface area contributed by atoms with Gasteiger partial charge in [-0.2, -0.15) is 13.2 Å². The molecule has 0 radical (unpaired) electrons. The molecule has 0 bridgehead atoms. The Kier molecular flexibility index (Phi) is 4.87. The number of halogens is 3. The van der Waals surface area contributed by atoms with Gasteiger partial charge in [0.25, 0.3) is 0 Å². The van der Waals surface area contributed by atoms with Gasteiger partial charge in [0.15, 0.2) is 0 Å². The second-order valence-corrected chi connectivity index (χ2v) is 6.42. The molecule has 0 atom stereocenters. The Labute approximate surface area is 126 Å². The van der Waals surface area contributed by atoms with Crippen molar-refractivity contribution in [2.75, 3.05) is 6.54 Å². The van der Waals surface area contributed by atoms with Crippen molar-refractivity contribution in [1.29, 1.82) is 0 Å². The molecule has 0 aliphatic heterocycles. The molecule has 0 saturated carbocycles. The predicted octanol–water partition coefficient (Wildman–Crippen LogP) is 3.23. The van der Waals surface area contributed by atoms with Crippen molar-refractivity contribution < 1.29 is 21.6 Å². The summed E-state index contributed by atoms with van der Waals surface area (Å²) in [6.45, 7) is 0.174. The molecular weight excluding hydrogens is 315 g/mol. The van der Waals surface area contributed by atoms with E-state index in [0.717, 1.165) is 29.8 Å². The van der Waals surface area contributed by atoms with Gasteiger partial charge in [0.1, 0.15) is 0 Å². The molecule has 0 aliphatic carbocycles. The van der Waals surface area contributed by atoms with Gasteiger partial charge >= 0.3 is 6.18 Å². The van der Waals surface area contributed by atoms with Crippen molar-refractivity contribution >= 4 is 10.0 Å². The van der Waals surface area contributed by atoms with Gasteiger partial charge in [0.2, 0.25) is 10.0 Å². The van der Waals surface area contributed by atoms with E-state index in [1.54, 1.807) is 0 Å². The van der Waals surface area contributed by atoms with Crippen molar-refractivity contribution in [1.82, 2.24) is 4.72 Å². The molecule has 0 heterocycles. The molecule has 7 heteroatoms. The third kappa shape index (κ3) is 4.32. The molecule has 0 unspecified atom stereocenters. The Balaban J connectivity index is 2.01. The van der Waals surface area contributed by atoms with Crippen molar-refractivity contribution in [2.45, 2.75) is 17.5 Å². The largest absolute Gasteiger partial charge is 0.416 e. The number of rotatable bonds is 5. The molecule has 2 aromatic rings. The zero-order valence-corrected chi connectivity index (χ0v) is 12.3. The highest BCUT2D eigenvalue weighted by Gasteiger charge is 2.30. The summed E-state index contributed by atoms with van der Waals surface area (Å²) in [7, 11) is -3.81. The fourth-order valence-corrected chi connectivity index (χ4v) is 2.91. The molecule has 0 spiro atoms. The van der Waals surface area contributed by atoms with E-state index in [2.05, 4.69) is 4.72 Å².